The summed E-state index contributed by atoms with van der Waals surface area (Å²) in [6, 6.07) is 0. The van der Waals surface area contributed by atoms with Crippen molar-refractivity contribution in [2.45, 2.75) is 39.8 Å². The standard InChI is InChI=1S/C6H16NO5P.C4H10/c1-6(12-13(10)11)7(2-4-8)3-5-9;1-3-4-2/h6,8-9,13H,2-5H2,1H3,(H,10,11);3-4H2,1-2H3. The van der Waals surface area contributed by atoms with Crippen molar-refractivity contribution in [1.29, 1.82) is 0 Å². The van der Waals surface area contributed by atoms with Gasteiger partial charge in [0.2, 0.25) is 0 Å². The van der Waals surface area contributed by atoms with Gasteiger partial charge in [-0.05, 0) is 6.92 Å². The molecule has 0 saturated heterocycles. The second-order valence-electron chi connectivity index (χ2n) is 3.47. The van der Waals surface area contributed by atoms with Gasteiger partial charge in [-0.2, -0.15) is 0 Å². The SMILES string of the molecule is CC(O[PH](=O)O)N(CCO)CCO.CCCC. The van der Waals surface area contributed by atoms with E-state index in [9.17, 15) is 4.57 Å². The van der Waals surface area contributed by atoms with E-state index in [0.29, 0.717) is 13.1 Å². The lowest BCUT2D eigenvalue weighted by molar-refractivity contribution is 0.0153. The molecule has 106 valence electrons. The Balaban J connectivity index is 0. The molecule has 0 radical (unpaired) electrons. The van der Waals surface area contributed by atoms with Crippen LogP contribution in [0.5, 0.6) is 0 Å². The highest BCUT2D eigenvalue weighted by molar-refractivity contribution is 7.32. The number of hydrogen-bond donors (Lipinski definition) is 3. The predicted octanol–water partition coefficient (Wildman–Crippen LogP) is 0.824. The monoisotopic (exact) mass is 271 g/mol. The molecule has 6 nitrogen and oxygen atoms in total. The predicted molar refractivity (Wildman–Crippen MR) is 68.1 cm³/mol. The number of hydrogen-bond acceptors (Lipinski definition) is 5. The van der Waals surface area contributed by atoms with E-state index in [4.69, 9.17) is 15.1 Å². The number of nitrogens with zero attached hydrogens (tertiary/aromatic N) is 1. The van der Waals surface area contributed by atoms with Crippen LogP contribution >= 0.6 is 8.25 Å². The molecule has 0 spiro atoms. The third kappa shape index (κ3) is 14.0. The van der Waals surface area contributed by atoms with Crippen molar-refractivity contribution in [2.24, 2.45) is 0 Å². The highest BCUT2D eigenvalue weighted by Gasteiger charge is 2.14. The van der Waals surface area contributed by atoms with E-state index in [1.807, 2.05) is 0 Å². The number of unbranched alkanes of at least 4 members (excludes halogenated alkanes) is 1. The van der Waals surface area contributed by atoms with Crippen LogP contribution in [0, 0.1) is 0 Å². The first-order valence-corrected chi connectivity index (χ1v) is 7.15. The number of aliphatic hydroxyl groups excluding tert-OH is 2. The van der Waals surface area contributed by atoms with Crippen LogP contribution in [-0.4, -0.2) is 52.5 Å². The molecule has 0 rings (SSSR count). The molecule has 3 N–H and O–H groups in total. The Hall–Kier alpha value is 0.0300. The summed E-state index contributed by atoms with van der Waals surface area (Å²) in [5.41, 5.74) is 0. The van der Waals surface area contributed by atoms with Crippen LogP contribution in [0.4, 0.5) is 0 Å². The van der Waals surface area contributed by atoms with Crippen LogP contribution in [0.1, 0.15) is 33.6 Å². The molecule has 0 bridgehead atoms. The Morgan fingerprint density at radius 3 is 1.82 bits per heavy atom. The molecule has 2 atom stereocenters. The van der Waals surface area contributed by atoms with Gasteiger partial charge in [0, 0.05) is 13.1 Å². The third-order valence-corrected chi connectivity index (χ3v) is 2.60. The van der Waals surface area contributed by atoms with Crippen molar-refractivity contribution in [2.75, 3.05) is 26.3 Å². The first-order chi connectivity index (χ1) is 8.03. The molecule has 17 heavy (non-hydrogen) atoms. The summed E-state index contributed by atoms with van der Waals surface area (Å²) in [6.07, 6.45) is 2.07. The van der Waals surface area contributed by atoms with E-state index in [1.54, 1.807) is 11.8 Å². The molecule has 0 aromatic heterocycles. The van der Waals surface area contributed by atoms with Crippen molar-refractivity contribution < 1.29 is 24.2 Å². The topological polar surface area (TPSA) is 90.2 Å². The van der Waals surface area contributed by atoms with Crippen molar-refractivity contribution in [1.82, 2.24) is 4.90 Å². The molecular weight excluding hydrogens is 245 g/mol. The summed E-state index contributed by atoms with van der Waals surface area (Å²) in [5, 5.41) is 17.3. The minimum atomic E-state index is -2.97. The van der Waals surface area contributed by atoms with Crippen LogP contribution in [0.25, 0.3) is 0 Å². The van der Waals surface area contributed by atoms with E-state index < -0.39 is 14.5 Å². The maximum atomic E-state index is 10.3. The molecule has 0 aromatic rings. The van der Waals surface area contributed by atoms with E-state index in [0.717, 1.165) is 0 Å². The summed E-state index contributed by atoms with van der Waals surface area (Å²) in [4.78, 5) is 10.0. The van der Waals surface area contributed by atoms with E-state index in [2.05, 4.69) is 18.4 Å². The van der Waals surface area contributed by atoms with Crippen LogP contribution in [0.15, 0.2) is 0 Å². The van der Waals surface area contributed by atoms with Crippen LogP contribution in [0.3, 0.4) is 0 Å². The molecular formula is C10H26NO5P. The molecule has 0 saturated carbocycles. The molecule has 0 aromatic carbocycles. The van der Waals surface area contributed by atoms with Gasteiger partial charge in [0.15, 0.2) is 0 Å². The minimum Gasteiger partial charge on any atom is -0.395 e. The number of rotatable bonds is 8. The van der Waals surface area contributed by atoms with E-state index in [-0.39, 0.29) is 13.2 Å². The van der Waals surface area contributed by atoms with Crippen LogP contribution < -0.4 is 0 Å². The van der Waals surface area contributed by atoms with Crippen molar-refractivity contribution >= 4 is 8.25 Å². The van der Waals surface area contributed by atoms with E-state index >= 15 is 0 Å². The van der Waals surface area contributed by atoms with Crippen LogP contribution in [-0.2, 0) is 9.09 Å². The van der Waals surface area contributed by atoms with Gasteiger partial charge in [0.25, 0.3) is 0 Å². The first-order valence-electron chi connectivity index (χ1n) is 5.88. The average Bonchev–Trinajstić information content (AvgIpc) is 2.28. The fourth-order valence-corrected chi connectivity index (χ4v) is 1.39. The fraction of sp³-hybridized carbons (Fsp3) is 1.00. The molecule has 2 unspecified atom stereocenters. The number of aliphatic hydroxyl groups is 2. The lowest BCUT2D eigenvalue weighted by atomic mass is 10.4. The zero-order chi connectivity index (χ0) is 13.7. The normalized spacial score (nSPS) is 14.1. The molecule has 7 heteroatoms. The highest BCUT2D eigenvalue weighted by Crippen LogP contribution is 2.19. The minimum absolute atomic E-state index is 0.0833. The summed E-state index contributed by atoms with van der Waals surface area (Å²) in [7, 11) is -2.97. The van der Waals surface area contributed by atoms with Gasteiger partial charge in [0.1, 0.15) is 6.23 Å². The maximum Gasteiger partial charge on any atom is 0.318 e. The van der Waals surface area contributed by atoms with Gasteiger partial charge in [-0.3, -0.25) is 14.0 Å². The lowest BCUT2D eigenvalue weighted by Gasteiger charge is -2.26. The Morgan fingerprint density at radius 1 is 1.18 bits per heavy atom. The van der Waals surface area contributed by atoms with Gasteiger partial charge in [-0.15, -0.1) is 0 Å². The molecule has 0 heterocycles. The Morgan fingerprint density at radius 2 is 1.59 bits per heavy atom. The quantitative estimate of drug-likeness (QED) is 0.447. The van der Waals surface area contributed by atoms with Gasteiger partial charge in [0.05, 0.1) is 13.2 Å². The summed E-state index contributed by atoms with van der Waals surface area (Å²) < 4.78 is 15.0. The highest BCUT2D eigenvalue weighted by atomic mass is 31.1. The first kappa shape index (κ1) is 19.4. The Bertz CT molecular complexity index is 174. The Labute approximate surface area is 104 Å². The molecule has 0 aliphatic rings. The summed E-state index contributed by atoms with van der Waals surface area (Å²) in [5.74, 6) is 0. The molecule has 0 fully saturated rings. The zero-order valence-electron chi connectivity index (χ0n) is 10.9. The summed E-state index contributed by atoms with van der Waals surface area (Å²) >= 11 is 0. The van der Waals surface area contributed by atoms with Crippen molar-refractivity contribution in [3.8, 4) is 0 Å². The van der Waals surface area contributed by atoms with Crippen LogP contribution in [0.2, 0.25) is 0 Å². The second-order valence-corrected chi connectivity index (χ2v) is 4.23. The molecule has 0 aliphatic heterocycles. The van der Waals surface area contributed by atoms with Gasteiger partial charge in [-0.1, -0.05) is 26.7 Å². The zero-order valence-corrected chi connectivity index (χ0v) is 11.9. The molecule has 0 aliphatic carbocycles. The second kappa shape index (κ2) is 14.1. The van der Waals surface area contributed by atoms with Gasteiger partial charge < -0.3 is 15.1 Å². The largest absolute Gasteiger partial charge is 0.395 e. The smallest absolute Gasteiger partial charge is 0.318 e. The van der Waals surface area contributed by atoms with Gasteiger partial charge >= 0.3 is 8.25 Å². The Kier molecular flexibility index (Phi) is 16.1. The van der Waals surface area contributed by atoms with Crippen molar-refractivity contribution in [3.63, 3.8) is 0 Å². The molecule has 0 amide bonds. The van der Waals surface area contributed by atoms with E-state index in [1.165, 1.54) is 12.8 Å². The maximum absolute atomic E-state index is 10.3. The summed E-state index contributed by atoms with van der Waals surface area (Å²) in [6.45, 7) is 6.39. The van der Waals surface area contributed by atoms with Gasteiger partial charge in [-0.25, -0.2) is 0 Å². The van der Waals surface area contributed by atoms with Crippen molar-refractivity contribution in [3.05, 3.63) is 0 Å². The third-order valence-electron chi connectivity index (χ3n) is 2.06. The lowest BCUT2D eigenvalue weighted by Crippen LogP contribution is -2.38. The average molecular weight is 271 g/mol. The fourth-order valence-electron chi connectivity index (χ4n) is 0.953.